The summed E-state index contributed by atoms with van der Waals surface area (Å²) >= 11 is 0. The molecule has 0 radical (unpaired) electrons. The van der Waals surface area contributed by atoms with Gasteiger partial charge in [0.25, 0.3) is 5.91 Å². The summed E-state index contributed by atoms with van der Waals surface area (Å²) in [6.07, 6.45) is 0. The van der Waals surface area contributed by atoms with Gasteiger partial charge >= 0.3 is 0 Å². The monoisotopic (exact) mass is 418 g/mol. The summed E-state index contributed by atoms with van der Waals surface area (Å²) in [6.45, 7) is -0.0843. The summed E-state index contributed by atoms with van der Waals surface area (Å²) in [5.74, 6) is 0.432. The lowest BCUT2D eigenvalue weighted by Crippen LogP contribution is -2.28. The van der Waals surface area contributed by atoms with Crippen LogP contribution >= 0.6 is 0 Å². The van der Waals surface area contributed by atoms with Gasteiger partial charge in [0.2, 0.25) is 0 Å². The second-order valence-electron chi connectivity index (χ2n) is 7.50. The lowest BCUT2D eigenvalue weighted by atomic mass is 10.1. The standard InChI is InChI=1S/C28H22N2O2/c31-28(20-32-25-16-15-21-9-7-8-14-24(21)19-25)29-30-26(22-10-3-1-4-11-22)17-18-27(30)23-12-5-2-6-13-23/h1-19H,20H2,(H,29,31). The third kappa shape index (κ3) is 4.12. The Kier molecular flexibility index (Phi) is 5.41. The Morgan fingerprint density at radius 3 is 1.84 bits per heavy atom. The van der Waals surface area contributed by atoms with E-state index in [2.05, 4.69) is 5.43 Å². The number of hydrogen-bond acceptors (Lipinski definition) is 2. The van der Waals surface area contributed by atoms with Crippen LogP contribution in [0.2, 0.25) is 0 Å². The molecule has 4 heteroatoms. The number of ether oxygens (including phenoxy) is 1. The van der Waals surface area contributed by atoms with E-state index in [-0.39, 0.29) is 12.5 Å². The molecule has 0 aliphatic rings. The third-order valence-corrected chi connectivity index (χ3v) is 5.35. The number of hydrogen-bond donors (Lipinski definition) is 1. The van der Waals surface area contributed by atoms with Gasteiger partial charge in [0.1, 0.15) is 5.75 Å². The first-order chi connectivity index (χ1) is 15.8. The van der Waals surface area contributed by atoms with Crippen molar-refractivity contribution in [2.75, 3.05) is 12.0 Å². The van der Waals surface area contributed by atoms with E-state index < -0.39 is 0 Å². The topological polar surface area (TPSA) is 43.3 Å². The lowest BCUT2D eigenvalue weighted by Gasteiger charge is -2.16. The van der Waals surface area contributed by atoms with Crippen molar-refractivity contribution in [3.63, 3.8) is 0 Å². The summed E-state index contributed by atoms with van der Waals surface area (Å²) in [6, 6.07) is 37.9. The second-order valence-corrected chi connectivity index (χ2v) is 7.50. The summed E-state index contributed by atoms with van der Waals surface area (Å²) in [4.78, 5) is 12.9. The SMILES string of the molecule is O=C(COc1ccc2ccccc2c1)Nn1c(-c2ccccc2)ccc1-c1ccccc1. The Labute approximate surface area is 186 Å². The minimum atomic E-state index is -0.233. The van der Waals surface area contributed by atoms with E-state index in [9.17, 15) is 4.79 Å². The van der Waals surface area contributed by atoms with Crippen LogP contribution in [0.25, 0.3) is 33.3 Å². The van der Waals surface area contributed by atoms with Crippen LogP contribution in [0.15, 0.2) is 115 Å². The van der Waals surface area contributed by atoms with Crippen molar-refractivity contribution in [1.29, 1.82) is 0 Å². The van der Waals surface area contributed by atoms with E-state index in [1.54, 1.807) is 0 Å². The molecule has 0 unspecified atom stereocenters. The minimum absolute atomic E-state index is 0.0843. The largest absolute Gasteiger partial charge is 0.484 e. The van der Waals surface area contributed by atoms with E-state index in [0.29, 0.717) is 5.75 Å². The highest BCUT2D eigenvalue weighted by Gasteiger charge is 2.14. The molecule has 0 aliphatic heterocycles. The first kappa shape index (κ1) is 19.6. The highest BCUT2D eigenvalue weighted by atomic mass is 16.5. The second kappa shape index (κ2) is 8.82. The zero-order chi connectivity index (χ0) is 21.8. The molecule has 4 nitrogen and oxygen atoms in total. The van der Waals surface area contributed by atoms with Gasteiger partial charge in [-0.25, -0.2) is 0 Å². The number of nitrogens with one attached hydrogen (secondary N) is 1. The van der Waals surface area contributed by atoms with Crippen molar-refractivity contribution in [2.24, 2.45) is 0 Å². The van der Waals surface area contributed by atoms with Gasteiger partial charge in [0, 0.05) is 11.1 Å². The van der Waals surface area contributed by atoms with Crippen molar-refractivity contribution in [3.05, 3.63) is 115 Å². The van der Waals surface area contributed by atoms with Gasteiger partial charge in [0.15, 0.2) is 6.61 Å². The fraction of sp³-hybridized carbons (Fsp3) is 0.0357. The van der Waals surface area contributed by atoms with Gasteiger partial charge in [-0.3, -0.25) is 14.9 Å². The maximum atomic E-state index is 12.9. The van der Waals surface area contributed by atoms with Gasteiger partial charge in [-0.2, -0.15) is 0 Å². The predicted molar refractivity (Wildman–Crippen MR) is 129 cm³/mol. The van der Waals surface area contributed by atoms with Gasteiger partial charge < -0.3 is 4.74 Å². The highest BCUT2D eigenvalue weighted by molar-refractivity contribution is 5.88. The molecule has 1 amide bonds. The molecule has 0 saturated heterocycles. The van der Waals surface area contributed by atoms with Gasteiger partial charge in [-0.05, 0) is 35.0 Å². The fourth-order valence-electron chi connectivity index (χ4n) is 3.79. The number of rotatable bonds is 6. The number of carbonyl (C=O) groups is 1. The zero-order valence-electron chi connectivity index (χ0n) is 17.4. The quantitative estimate of drug-likeness (QED) is 0.361. The highest BCUT2D eigenvalue weighted by Crippen LogP contribution is 2.28. The van der Waals surface area contributed by atoms with Crippen molar-refractivity contribution < 1.29 is 9.53 Å². The molecule has 0 bridgehead atoms. The van der Waals surface area contributed by atoms with Crippen LogP contribution in [-0.4, -0.2) is 17.2 Å². The summed E-state index contributed by atoms with van der Waals surface area (Å²) < 4.78 is 7.62. The predicted octanol–water partition coefficient (Wildman–Crippen LogP) is 6.12. The third-order valence-electron chi connectivity index (χ3n) is 5.35. The number of fused-ring (bicyclic) bond motifs is 1. The average molecular weight is 418 g/mol. The fourth-order valence-corrected chi connectivity index (χ4v) is 3.79. The molecular weight excluding hydrogens is 396 g/mol. The molecule has 0 spiro atoms. The van der Waals surface area contributed by atoms with E-state index in [1.807, 2.05) is 120 Å². The molecule has 32 heavy (non-hydrogen) atoms. The molecule has 156 valence electrons. The normalized spacial score (nSPS) is 10.8. The lowest BCUT2D eigenvalue weighted by molar-refractivity contribution is -0.119. The number of nitrogens with zero attached hydrogens (tertiary/aromatic N) is 1. The van der Waals surface area contributed by atoms with Crippen molar-refractivity contribution in [3.8, 4) is 28.3 Å². The number of carbonyl (C=O) groups excluding carboxylic acids is 1. The van der Waals surface area contributed by atoms with Crippen LogP contribution in [0.4, 0.5) is 0 Å². The molecular formula is C28H22N2O2. The van der Waals surface area contributed by atoms with Crippen LogP contribution in [-0.2, 0) is 4.79 Å². The molecule has 0 fully saturated rings. The Morgan fingerprint density at radius 1 is 0.656 bits per heavy atom. The van der Waals surface area contributed by atoms with E-state index in [0.717, 1.165) is 33.3 Å². The maximum Gasteiger partial charge on any atom is 0.276 e. The zero-order valence-corrected chi connectivity index (χ0v) is 17.4. The molecule has 1 heterocycles. The Hall–Kier alpha value is -4.31. The summed E-state index contributed by atoms with van der Waals surface area (Å²) in [5.41, 5.74) is 6.87. The van der Waals surface area contributed by atoms with E-state index in [1.165, 1.54) is 0 Å². The summed E-state index contributed by atoms with van der Waals surface area (Å²) in [7, 11) is 0. The number of benzene rings is 4. The maximum absolute atomic E-state index is 12.9. The molecule has 1 N–H and O–H groups in total. The van der Waals surface area contributed by atoms with Gasteiger partial charge in [-0.15, -0.1) is 0 Å². The number of amides is 1. The molecule has 0 aliphatic carbocycles. The summed E-state index contributed by atoms with van der Waals surface area (Å²) in [5, 5.41) is 2.21. The van der Waals surface area contributed by atoms with Crippen LogP contribution in [0.3, 0.4) is 0 Å². The molecule has 5 rings (SSSR count). The average Bonchev–Trinajstić information content (AvgIpc) is 3.27. The Bertz CT molecular complexity index is 1300. The van der Waals surface area contributed by atoms with Crippen molar-refractivity contribution >= 4 is 16.7 Å². The van der Waals surface area contributed by atoms with Gasteiger partial charge in [-0.1, -0.05) is 91.0 Å². The van der Waals surface area contributed by atoms with Crippen LogP contribution in [0.1, 0.15) is 0 Å². The van der Waals surface area contributed by atoms with Crippen LogP contribution < -0.4 is 10.2 Å². The van der Waals surface area contributed by atoms with E-state index in [4.69, 9.17) is 4.74 Å². The van der Waals surface area contributed by atoms with Crippen molar-refractivity contribution in [2.45, 2.75) is 0 Å². The van der Waals surface area contributed by atoms with Crippen molar-refractivity contribution in [1.82, 2.24) is 4.68 Å². The van der Waals surface area contributed by atoms with Gasteiger partial charge in [0.05, 0.1) is 11.4 Å². The molecule has 4 aromatic carbocycles. The molecule has 0 saturated carbocycles. The minimum Gasteiger partial charge on any atom is -0.484 e. The number of aromatic nitrogens is 1. The molecule has 1 aromatic heterocycles. The molecule has 0 atom stereocenters. The van der Waals surface area contributed by atoms with E-state index >= 15 is 0 Å². The molecule has 5 aromatic rings. The Balaban J connectivity index is 1.39. The Morgan fingerprint density at radius 2 is 1.22 bits per heavy atom. The first-order valence-corrected chi connectivity index (χ1v) is 10.5. The van der Waals surface area contributed by atoms with Crippen LogP contribution in [0.5, 0.6) is 5.75 Å². The van der Waals surface area contributed by atoms with Crippen LogP contribution in [0, 0.1) is 0 Å². The smallest absolute Gasteiger partial charge is 0.276 e. The first-order valence-electron chi connectivity index (χ1n) is 10.5.